The van der Waals surface area contributed by atoms with Gasteiger partial charge < -0.3 is 10.2 Å². The zero-order valence-corrected chi connectivity index (χ0v) is 11.2. The summed E-state index contributed by atoms with van der Waals surface area (Å²) in [6.45, 7) is 10.3. The largest absolute Gasteiger partial charge is 0.371 e. The maximum atomic E-state index is 3.52. The van der Waals surface area contributed by atoms with Crippen molar-refractivity contribution in [3.8, 4) is 0 Å². The lowest BCUT2D eigenvalue weighted by Crippen LogP contribution is -2.45. The van der Waals surface area contributed by atoms with Crippen LogP contribution in [-0.4, -0.2) is 19.6 Å². The fourth-order valence-corrected chi connectivity index (χ4v) is 2.36. The van der Waals surface area contributed by atoms with Crippen LogP contribution in [0.3, 0.4) is 0 Å². The molecule has 0 spiro atoms. The monoisotopic (exact) mass is 232 g/mol. The summed E-state index contributed by atoms with van der Waals surface area (Å²) in [5.74, 6) is 0.861. The van der Waals surface area contributed by atoms with Crippen molar-refractivity contribution in [2.24, 2.45) is 5.92 Å². The third-order valence-electron chi connectivity index (χ3n) is 3.52. The Morgan fingerprint density at radius 2 is 1.94 bits per heavy atom. The first-order valence-electron chi connectivity index (χ1n) is 6.79. The number of nitrogens with one attached hydrogen (secondary N) is 1. The van der Waals surface area contributed by atoms with Gasteiger partial charge in [0.25, 0.3) is 0 Å². The summed E-state index contributed by atoms with van der Waals surface area (Å²) < 4.78 is 0. The van der Waals surface area contributed by atoms with E-state index in [0.29, 0.717) is 6.04 Å². The van der Waals surface area contributed by atoms with Crippen LogP contribution in [0.4, 0.5) is 5.69 Å². The molecule has 1 atom stereocenters. The summed E-state index contributed by atoms with van der Waals surface area (Å²) in [7, 11) is 0. The van der Waals surface area contributed by atoms with E-state index >= 15 is 0 Å². The molecule has 2 heteroatoms. The highest BCUT2D eigenvalue weighted by atomic mass is 15.2. The van der Waals surface area contributed by atoms with Gasteiger partial charge in [0.1, 0.15) is 0 Å². The molecular weight excluding hydrogens is 208 g/mol. The molecule has 1 heterocycles. The van der Waals surface area contributed by atoms with Crippen molar-refractivity contribution >= 4 is 5.69 Å². The van der Waals surface area contributed by atoms with Crippen molar-refractivity contribution in [1.82, 2.24) is 5.32 Å². The smallest absolute Gasteiger partial charge is 0.0366 e. The zero-order chi connectivity index (χ0) is 12.3. The fraction of sp³-hybridized carbons (Fsp3) is 0.600. The van der Waals surface area contributed by atoms with Gasteiger partial charge >= 0.3 is 0 Å². The van der Waals surface area contributed by atoms with Crippen LogP contribution in [0.15, 0.2) is 24.3 Å². The lowest BCUT2D eigenvalue weighted by molar-refractivity contribution is 0.447. The first kappa shape index (κ1) is 12.4. The number of anilines is 1. The minimum atomic E-state index is 0.458. The van der Waals surface area contributed by atoms with Gasteiger partial charge in [-0.2, -0.15) is 0 Å². The van der Waals surface area contributed by atoms with Crippen molar-refractivity contribution in [2.75, 3.05) is 24.5 Å². The first-order valence-corrected chi connectivity index (χ1v) is 6.79. The molecule has 1 unspecified atom stereocenters. The van der Waals surface area contributed by atoms with Crippen LogP contribution in [-0.2, 0) is 0 Å². The topological polar surface area (TPSA) is 15.3 Å². The highest BCUT2D eigenvalue weighted by Gasteiger charge is 2.22. The highest BCUT2D eigenvalue weighted by molar-refractivity contribution is 5.50. The lowest BCUT2D eigenvalue weighted by atomic mass is 10.0. The molecule has 2 nitrogen and oxygen atoms in total. The molecule has 1 N–H and O–H groups in total. The second-order valence-corrected chi connectivity index (χ2v) is 5.28. The molecule has 1 aromatic carbocycles. The van der Waals surface area contributed by atoms with E-state index in [-0.39, 0.29) is 0 Å². The summed E-state index contributed by atoms with van der Waals surface area (Å²) in [4.78, 5) is 2.44. The number of benzene rings is 1. The molecule has 94 valence electrons. The van der Waals surface area contributed by atoms with Crippen LogP contribution in [0, 0.1) is 5.92 Å². The van der Waals surface area contributed by atoms with Crippen LogP contribution < -0.4 is 10.2 Å². The maximum Gasteiger partial charge on any atom is 0.0366 e. The number of nitrogens with zero attached hydrogens (tertiary/aromatic N) is 1. The normalized spacial score (nSPS) is 17.9. The van der Waals surface area contributed by atoms with E-state index in [9.17, 15) is 0 Å². The Hall–Kier alpha value is -1.02. The molecule has 0 radical (unpaired) electrons. The van der Waals surface area contributed by atoms with E-state index in [0.717, 1.165) is 12.5 Å². The Morgan fingerprint density at radius 3 is 2.47 bits per heavy atom. The van der Waals surface area contributed by atoms with Gasteiger partial charge in [0.2, 0.25) is 0 Å². The third kappa shape index (κ3) is 3.01. The molecule has 0 bridgehead atoms. The van der Waals surface area contributed by atoms with Crippen LogP contribution in [0.25, 0.3) is 0 Å². The summed E-state index contributed by atoms with van der Waals surface area (Å²) >= 11 is 0. The summed E-state index contributed by atoms with van der Waals surface area (Å²) in [5, 5.41) is 3.52. The molecule has 2 rings (SSSR count). The van der Waals surface area contributed by atoms with Gasteiger partial charge in [-0.05, 0) is 43.5 Å². The Morgan fingerprint density at radius 1 is 1.29 bits per heavy atom. The van der Waals surface area contributed by atoms with Gasteiger partial charge in [-0.1, -0.05) is 26.0 Å². The number of hydrogen-bond acceptors (Lipinski definition) is 2. The summed E-state index contributed by atoms with van der Waals surface area (Å²) in [6, 6.07) is 9.48. The summed E-state index contributed by atoms with van der Waals surface area (Å²) in [6.07, 6.45) is 1.19. The maximum absolute atomic E-state index is 3.52. The van der Waals surface area contributed by atoms with Crippen molar-refractivity contribution in [3.05, 3.63) is 29.8 Å². The minimum Gasteiger partial charge on any atom is -0.371 e. The second-order valence-electron chi connectivity index (χ2n) is 5.28. The van der Waals surface area contributed by atoms with Crippen molar-refractivity contribution in [2.45, 2.75) is 33.2 Å². The molecule has 1 aliphatic rings. The quantitative estimate of drug-likeness (QED) is 0.838. The highest BCUT2D eigenvalue weighted by Crippen LogP contribution is 2.25. The van der Waals surface area contributed by atoms with E-state index in [1.807, 2.05) is 0 Å². The van der Waals surface area contributed by atoms with Crippen LogP contribution in [0.5, 0.6) is 0 Å². The molecule has 0 aromatic heterocycles. The SMILES string of the molecule is CCCNC(C)c1ccc(N2CC(C)C2)cc1. The Kier molecular flexibility index (Phi) is 4.06. The van der Waals surface area contributed by atoms with Crippen molar-refractivity contribution < 1.29 is 0 Å². The van der Waals surface area contributed by atoms with Crippen LogP contribution in [0.1, 0.15) is 38.8 Å². The van der Waals surface area contributed by atoms with Gasteiger partial charge in [0.15, 0.2) is 0 Å². The van der Waals surface area contributed by atoms with Gasteiger partial charge in [-0.15, -0.1) is 0 Å². The van der Waals surface area contributed by atoms with Gasteiger partial charge in [-0.3, -0.25) is 0 Å². The Bertz CT molecular complexity index is 338. The Labute approximate surface area is 105 Å². The predicted molar refractivity (Wildman–Crippen MR) is 74.5 cm³/mol. The first-order chi connectivity index (χ1) is 8.20. The predicted octanol–water partition coefficient (Wildman–Crippen LogP) is 3.20. The molecule has 1 fully saturated rings. The minimum absolute atomic E-state index is 0.458. The Balaban J connectivity index is 1.93. The molecule has 1 saturated heterocycles. The average molecular weight is 232 g/mol. The molecule has 0 saturated carbocycles. The van der Waals surface area contributed by atoms with E-state index in [1.165, 1.54) is 30.8 Å². The van der Waals surface area contributed by atoms with Crippen LogP contribution in [0.2, 0.25) is 0 Å². The lowest BCUT2D eigenvalue weighted by Gasteiger charge is -2.39. The second kappa shape index (κ2) is 5.54. The molecule has 1 aromatic rings. The molecule has 0 aliphatic carbocycles. The summed E-state index contributed by atoms with van der Waals surface area (Å²) in [5.41, 5.74) is 2.75. The molecule has 17 heavy (non-hydrogen) atoms. The number of rotatable bonds is 5. The fourth-order valence-electron chi connectivity index (χ4n) is 2.36. The standard InChI is InChI=1S/C15H24N2/c1-4-9-16-13(3)14-5-7-15(8-6-14)17-10-12(2)11-17/h5-8,12-13,16H,4,9-11H2,1-3H3. The van der Waals surface area contributed by atoms with Crippen LogP contribution >= 0.6 is 0 Å². The molecule has 0 amide bonds. The van der Waals surface area contributed by atoms with Crippen molar-refractivity contribution in [1.29, 1.82) is 0 Å². The average Bonchev–Trinajstić information content (AvgIpc) is 2.32. The third-order valence-corrected chi connectivity index (χ3v) is 3.52. The molecular formula is C15H24N2. The van der Waals surface area contributed by atoms with E-state index in [1.54, 1.807) is 0 Å². The zero-order valence-electron chi connectivity index (χ0n) is 11.2. The van der Waals surface area contributed by atoms with E-state index in [4.69, 9.17) is 0 Å². The van der Waals surface area contributed by atoms with E-state index < -0.39 is 0 Å². The van der Waals surface area contributed by atoms with Gasteiger partial charge in [0, 0.05) is 24.8 Å². The van der Waals surface area contributed by atoms with E-state index in [2.05, 4.69) is 55.3 Å². The van der Waals surface area contributed by atoms with Gasteiger partial charge in [-0.25, -0.2) is 0 Å². The van der Waals surface area contributed by atoms with Gasteiger partial charge in [0.05, 0.1) is 0 Å². The number of hydrogen-bond donors (Lipinski definition) is 1. The van der Waals surface area contributed by atoms with Crippen molar-refractivity contribution in [3.63, 3.8) is 0 Å². The molecule has 1 aliphatic heterocycles.